The van der Waals surface area contributed by atoms with Crippen LogP contribution >= 0.6 is 0 Å². The maximum atomic E-state index is 13.3. The number of rotatable bonds is 5. The number of carbonyl (C=O) groups is 2. The summed E-state index contributed by atoms with van der Waals surface area (Å²) in [7, 11) is 1.31. The zero-order valence-corrected chi connectivity index (χ0v) is 23.9. The van der Waals surface area contributed by atoms with Crippen molar-refractivity contribution in [3.8, 4) is 0 Å². The molecule has 216 valence electrons. The molecule has 1 aliphatic heterocycles. The maximum absolute atomic E-state index is 13.3. The van der Waals surface area contributed by atoms with Gasteiger partial charge in [0.05, 0.1) is 24.7 Å². The standard InChI is InChI=1S/C31H37F3N2O4/c1-19-15-20(2)27-24(12-14-36(27)29(38)40-30(3,4)5)25(19)16-23-11-13-35(18-31(32,33)34)17-26(23)21-7-9-22(10-8-21)28(37)39-6/h7-10,12,14-15,23,26H,11,13,16-18H2,1-6H3/t23-,26-/m0/s1. The van der Waals surface area contributed by atoms with Gasteiger partial charge in [0.25, 0.3) is 0 Å². The molecule has 2 atom stereocenters. The predicted molar refractivity (Wildman–Crippen MR) is 148 cm³/mol. The number of carbonyl (C=O) groups excluding carboxylic acids is 2. The molecule has 0 N–H and O–H groups in total. The Hall–Kier alpha value is -3.33. The summed E-state index contributed by atoms with van der Waals surface area (Å²) in [6.45, 7) is 9.10. The molecule has 4 rings (SSSR count). The fraction of sp³-hybridized carbons (Fsp3) is 0.484. The molecule has 0 bridgehead atoms. The maximum Gasteiger partial charge on any atom is 0.418 e. The average Bonchev–Trinajstić information content (AvgIpc) is 3.31. The SMILES string of the molecule is COC(=O)c1ccc([C@@H]2CN(CC(F)(F)F)CC[C@H]2Cc2c(C)cc(C)c3c2ccn3C(=O)OC(C)(C)C)cc1. The van der Waals surface area contributed by atoms with Crippen molar-refractivity contribution >= 4 is 23.0 Å². The number of nitrogens with zero attached hydrogens (tertiary/aromatic N) is 2. The number of ether oxygens (including phenoxy) is 2. The van der Waals surface area contributed by atoms with Crippen molar-refractivity contribution in [2.45, 2.75) is 65.2 Å². The van der Waals surface area contributed by atoms with E-state index in [4.69, 9.17) is 9.47 Å². The molecule has 0 spiro atoms. The van der Waals surface area contributed by atoms with Gasteiger partial charge in [0.2, 0.25) is 0 Å². The number of halogens is 3. The topological polar surface area (TPSA) is 60.8 Å². The number of esters is 1. The summed E-state index contributed by atoms with van der Waals surface area (Å²) >= 11 is 0. The number of benzene rings is 2. The number of methoxy groups -OCH3 is 1. The van der Waals surface area contributed by atoms with E-state index >= 15 is 0 Å². The normalized spacial score (nSPS) is 18.6. The van der Waals surface area contributed by atoms with E-state index in [0.29, 0.717) is 24.9 Å². The molecule has 6 nitrogen and oxygen atoms in total. The molecule has 1 aromatic heterocycles. The molecule has 0 amide bonds. The summed E-state index contributed by atoms with van der Waals surface area (Å²) in [6, 6.07) is 10.9. The van der Waals surface area contributed by atoms with Gasteiger partial charge in [0, 0.05) is 18.1 Å². The fourth-order valence-electron chi connectivity index (χ4n) is 5.84. The molecule has 9 heteroatoms. The zero-order valence-electron chi connectivity index (χ0n) is 23.9. The third kappa shape index (κ3) is 6.69. The summed E-state index contributed by atoms with van der Waals surface area (Å²) in [5.41, 5.74) is 4.52. The molecule has 0 aliphatic carbocycles. The molecule has 1 aliphatic rings. The van der Waals surface area contributed by atoms with E-state index in [1.165, 1.54) is 16.6 Å². The van der Waals surface area contributed by atoms with Crippen LogP contribution < -0.4 is 0 Å². The van der Waals surface area contributed by atoms with E-state index in [-0.39, 0.29) is 18.4 Å². The van der Waals surface area contributed by atoms with Gasteiger partial charge in [-0.2, -0.15) is 13.2 Å². The van der Waals surface area contributed by atoms with Gasteiger partial charge >= 0.3 is 18.2 Å². The Labute approximate surface area is 233 Å². The molecule has 0 unspecified atom stereocenters. The zero-order chi connectivity index (χ0) is 29.4. The van der Waals surface area contributed by atoms with Crippen molar-refractivity contribution in [2.24, 2.45) is 5.92 Å². The lowest BCUT2D eigenvalue weighted by atomic mass is 9.76. The largest absolute Gasteiger partial charge is 0.465 e. The molecule has 0 radical (unpaired) electrons. The van der Waals surface area contributed by atoms with Gasteiger partial charge in [-0.25, -0.2) is 9.59 Å². The summed E-state index contributed by atoms with van der Waals surface area (Å²) in [4.78, 5) is 26.4. The second kappa shape index (κ2) is 11.3. The van der Waals surface area contributed by atoms with Crippen molar-refractivity contribution in [2.75, 3.05) is 26.7 Å². The third-order valence-corrected chi connectivity index (χ3v) is 7.55. The number of aromatic nitrogens is 1. The van der Waals surface area contributed by atoms with Crippen molar-refractivity contribution in [1.82, 2.24) is 9.47 Å². The van der Waals surface area contributed by atoms with Crippen LogP contribution in [0.4, 0.5) is 18.0 Å². The van der Waals surface area contributed by atoms with E-state index in [1.807, 2.05) is 52.8 Å². The Bertz CT molecular complexity index is 1390. The minimum Gasteiger partial charge on any atom is -0.465 e. The van der Waals surface area contributed by atoms with Crippen LogP contribution in [-0.2, 0) is 15.9 Å². The molecular formula is C31H37F3N2O4. The van der Waals surface area contributed by atoms with Gasteiger partial charge in [-0.3, -0.25) is 9.47 Å². The molecule has 40 heavy (non-hydrogen) atoms. The molecule has 1 saturated heterocycles. The summed E-state index contributed by atoms with van der Waals surface area (Å²) < 4.78 is 51.8. The van der Waals surface area contributed by atoms with Crippen LogP contribution in [0.3, 0.4) is 0 Å². The number of hydrogen-bond acceptors (Lipinski definition) is 5. The minimum absolute atomic E-state index is 0.0583. The van der Waals surface area contributed by atoms with Crippen molar-refractivity contribution < 1.29 is 32.2 Å². The predicted octanol–water partition coefficient (Wildman–Crippen LogP) is 7.04. The molecule has 3 aromatic rings. The first-order valence-corrected chi connectivity index (χ1v) is 13.5. The Morgan fingerprint density at radius 2 is 1.70 bits per heavy atom. The highest BCUT2D eigenvalue weighted by molar-refractivity contribution is 5.94. The number of hydrogen-bond donors (Lipinski definition) is 0. The highest BCUT2D eigenvalue weighted by Crippen LogP contribution is 2.39. The van der Waals surface area contributed by atoms with E-state index in [2.05, 4.69) is 6.07 Å². The smallest absolute Gasteiger partial charge is 0.418 e. The third-order valence-electron chi connectivity index (χ3n) is 7.55. The molecule has 0 saturated carbocycles. The van der Waals surface area contributed by atoms with Gasteiger partial charge in [-0.1, -0.05) is 18.2 Å². The summed E-state index contributed by atoms with van der Waals surface area (Å²) in [5.74, 6) is -0.577. The molecular weight excluding hydrogens is 521 g/mol. The van der Waals surface area contributed by atoms with Crippen LogP contribution in [0.2, 0.25) is 0 Å². The first kappa shape index (κ1) is 29.6. The highest BCUT2D eigenvalue weighted by atomic mass is 19.4. The average molecular weight is 559 g/mol. The lowest BCUT2D eigenvalue weighted by molar-refractivity contribution is -0.149. The molecule has 1 fully saturated rings. The lowest BCUT2D eigenvalue weighted by Crippen LogP contribution is -2.44. The van der Waals surface area contributed by atoms with Crippen LogP contribution in [0.15, 0.2) is 42.6 Å². The summed E-state index contributed by atoms with van der Waals surface area (Å²) in [6.07, 6.45) is -1.78. The van der Waals surface area contributed by atoms with Gasteiger partial charge in [-0.15, -0.1) is 0 Å². The lowest BCUT2D eigenvalue weighted by Gasteiger charge is -2.39. The Morgan fingerprint density at radius 3 is 2.30 bits per heavy atom. The van der Waals surface area contributed by atoms with Crippen LogP contribution in [0.5, 0.6) is 0 Å². The Morgan fingerprint density at radius 1 is 1.02 bits per heavy atom. The van der Waals surface area contributed by atoms with Crippen molar-refractivity contribution in [3.63, 3.8) is 0 Å². The van der Waals surface area contributed by atoms with Crippen LogP contribution in [-0.4, -0.2) is 60.1 Å². The van der Waals surface area contributed by atoms with E-state index in [0.717, 1.165) is 33.2 Å². The first-order chi connectivity index (χ1) is 18.7. The number of aryl methyl sites for hydroxylation is 2. The van der Waals surface area contributed by atoms with Crippen LogP contribution in [0.1, 0.15) is 65.7 Å². The first-order valence-electron chi connectivity index (χ1n) is 13.5. The molecule has 2 aromatic carbocycles. The number of piperidine rings is 1. The number of alkyl halides is 3. The Kier molecular flexibility index (Phi) is 8.36. The van der Waals surface area contributed by atoms with Gasteiger partial charge in [-0.05, 0) is 106 Å². The van der Waals surface area contributed by atoms with Gasteiger partial charge < -0.3 is 9.47 Å². The van der Waals surface area contributed by atoms with E-state index in [9.17, 15) is 22.8 Å². The Balaban J connectivity index is 1.70. The summed E-state index contributed by atoms with van der Waals surface area (Å²) in [5, 5.41) is 0.945. The van der Waals surface area contributed by atoms with E-state index in [1.54, 1.807) is 18.3 Å². The number of likely N-dealkylation sites (tertiary alicyclic amines) is 1. The number of fused-ring (bicyclic) bond motifs is 1. The molecule has 2 heterocycles. The van der Waals surface area contributed by atoms with Gasteiger partial charge in [0.15, 0.2) is 0 Å². The second-order valence-corrected chi connectivity index (χ2v) is 11.7. The second-order valence-electron chi connectivity index (χ2n) is 11.7. The van der Waals surface area contributed by atoms with Crippen LogP contribution in [0, 0.1) is 19.8 Å². The van der Waals surface area contributed by atoms with Gasteiger partial charge in [0.1, 0.15) is 5.60 Å². The monoisotopic (exact) mass is 558 g/mol. The van der Waals surface area contributed by atoms with Crippen molar-refractivity contribution in [1.29, 1.82) is 0 Å². The highest BCUT2D eigenvalue weighted by Gasteiger charge is 2.37. The van der Waals surface area contributed by atoms with Crippen LogP contribution in [0.25, 0.3) is 10.9 Å². The minimum atomic E-state index is -4.28. The van der Waals surface area contributed by atoms with E-state index < -0.39 is 30.4 Å². The van der Waals surface area contributed by atoms with Crippen molar-refractivity contribution in [3.05, 3.63) is 70.4 Å². The fourth-order valence-corrected chi connectivity index (χ4v) is 5.84. The quantitative estimate of drug-likeness (QED) is 0.315.